The Hall–Kier alpha value is -1.43. The van der Waals surface area contributed by atoms with Gasteiger partial charge in [-0.05, 0) is 50.6 Å². The Morgan fingerprint density at radius 2 is 1.62 bits per heavy atom. The number of alkyl halides is 3. The van der Waals surface area contributed by atoms with Gasteiger partial charge >= 0.3 is 6.36 Å². The van der Waals surface area contributed by atoms with Gasteiger partial charge in [0.2, 0.25) is 0 Å². The molecule has 0 saturated heterocycles. The molecule has 0 aromatic heterocycles. The number of nitrogens with one attached hydrogen (secondary N) is 1. The number of hydrogen-bond acceptors (Lipinski definition) is 3. The first-order valence-corrected chi connectivity index (χ1v) is 7.02. The van der Waals surface area contributed by atoms with Gasteiger partial charge in [-0.3, -0.25) is 0 Å². The summed E-state index contributed by atoms with van der Waals surface area (Å²) in [6.45, 7) is 7.04. The SMILES string of the molecule is CC(C)NCCCC(C)Oc1ccc(OC(F)(F)F)cc1. The molecule has 0 amide bonds. The van der Waals surface area contributed by atoms with Gasteiger partial charge in [0.15, 0.2) is 0 Å². The molecule has 0 aliphatic heterocycles. The van der Waals surface area contributed by atoms with Crippen molar-refractivity contribution in [3.05, 3.63) is 24.3 Å². The topological polar surface area (TPSA) is 30.5 Å². The number of halogens is 3. The number of benzene rings is 1. The lowest BCUT2D eigenvalue weighted by Crippen LogP contribution is -2.25. The van der Waals surface area contributed by atoms with Crippen LogP contribution in [0.25, 0.3) is 0 Å². The van der Waals surface area contributed by atoms with E-state index >= 15 is 0 Å². The molecule has 21 heavy (non-hydrogen) atoms. The average molecular weight is 305 g/mol. The minimum Gasteiger partial charge on any atom is -0.491 e. The van der Waals surface area contributed by atoms with Crippen molar-refractivity contribution < 1.29 is 22.6 Å². The summed E-state index contributed by atoms with van der Waals surface area (Å²) in [5, 5.41) is 3.32. The van der Waals surface area contributed by atoms with Gasteiger partial charge in [-0.25, -0.2) is 0 Å². The standard InChI is InChI=1S/C15H22F3NO2/c1-11(2)19-10-4-5-12(3)20-13-6-8-14(9-7-13)21-15(16,17)18/h6-9,11-12,19H,4-5,10H2,1-3H3. The van der Waals surface area contributed by atoms with E-state index in [4.69, 9.17) is 4.74 Å². The van der Waals surface area contributed by atoms with Crippen LogP contribution < -0.4 is 14.8 Å². The smallest absolute Gasteiger partial charge is 0.491 e. The zero-order chi connectivity index (χ0) is 15.9. The summed E-state index contributed by atoms with van der Waals surface area (Å²) in [7, 11) is 0. The molecule has 0 aliphatic rings. The molecule has 0 saturated carbocycles. The molecule has 0 bridgehead atoms. The third-order valence-electron chi connectivity index (χ3n) is 2.73. The molecule has 1 unspecified atom stereocenters. The highest BCUT2D eigenvalue weighted by molar-refractivity contribution is 5.31. The summed E-state index contributed by atoms with van der Waals surface area (Å²) < 4.78 is 45.5. The molecule has 120 valence electrons. The first-order valence-electron chi connectivity index (χ1n) is 7.02. The molecule has 0 radical (unpaired) electrons. The second kappa shape index (κ2) is 8.12. The number of rotatable bonds is 8. The van der Waals surface area contributed by atoms with Crippen molar-refractivity contribution in [2.24, 2.45) is 0 Å². The normalized spacial score (nSPS) is 13.3. The van der Waals surface area contributed by atoms with Crippen molar-refractivity contribution in [1.82, 2.24) is 5.32 Å². The van der Waals surface area contributed by atoms with E-state index in [9.17, 15) is 13.2 Å². The van der Waals surface area contributed by atoms with Crippen LogP contribution in [0.15, 0.2) is 24.3 Å². The fourth-order valence-corrected chi connectivity index (χ4v) is 1.79. The predicted molar refractivity (Wildman–Crippen MR) is 75.6 cm³/mol. The van der Waals surface area contributed by atoms with Crippen molar-refractivity contribution in [3.8, 4) is 11.5 Å². The lowest BCUT2D eigenvalue weighted by Gasteiger charge is -2.16. The van der Waals surface area contributed by atoms with E-state index in [-0.39, 0.29) is 11.9 Å². The van der Waals surface area contributed by atoms with Crippen LogP contribution in [0.3, 0.4) is 0 Å². The average Bonchev–Trinajstić information content (AvgIpc) is 2.35. The molecule has 1 rings (SSSR count). The summed E-state index contributed by atoms with van der Waals surface area (Å²) in [4.78, 5) is 0. The van der Waals surface area contributed by atoms with E-state index in [2.05, 4.69) is 23.9 Å². The van der Waals surface area contributed by atoms with Crippen LogP contribution >= 0.6 is 0 Å². The van der Waals surface area contributed by atoms with Crippen molar-refractivity contribution >= 4 is 0 Å². The Kier molecular flexibility index (Phi) is 6.81. The highest BCUT2D eigenvalue weighted by atomic mass is 19.4. The molecular weight excluding hydrogens is 283 g/mol. The zero-order valence-corrected chi connectivity index (χ0v) is 12.5. The Bertz CT molecular complexity index is 404. The Morgan fingerprint density at radius 3 is 2.14 bits per heavy atom. The molecule has 0 spiro atoms. The zero-order valence-electron chi connectivity index (χ0n) is 12.5. The predicted octanol–water partition coefficient (Wildman–Crippen LogP) is 4.13. The molecular formula is C15H22F3NO2. The molecule has 1 N–H and O–H groups in total. The lowest BCUT2D eigenvalue weighted by molar-refractivity contribution is -0.274. The van der Waals surface area contributed by atoms with Gasteiger partial charge < -0.3 is 14.8 Å². The van der Waals surface area contributed by atoms with Crippen LogP contribution in [0.1, 0.15) is 33.6 Å². The van der Waals surface area contributed by atoms with E-state index in [1.807, 2.05) is 6.92 Å². The van der Waals surface area contributed by atoms with Crippen molar-refractivity contribution in [2.75, 3.05) is 6.54 Å². The third kappa shape index (κ3) is 8.45. The largest absolute Gasteiger partial charge is 0.573 e. The maximum absolute atomic E-state index is 12.0. The Balaban J connectivity index is 2.34. The number of hydrogen-bond donors (Lipinski definition) is 1. The first-order chi connectivity index (χ1) is 9.76. The van der Waals surface area contributed by atoms with Crippen LogP contribution in [-0.2, 0) is 0 Å². The quantitative estimate of drug-likeness (QED) is 0.733. The summed E-state index contributed by atoms with van der Waals surface area (Å²) >= 11 is 0. The van der Waals surface area contributed by atoms with Gasteiger partial charge in [0.1, 0.15) is 11.5 Å². The van der Waals surface area contributed by atoms with E-state index in [1.54, 1.807) is 0 Å². The molecule has 3 nitrogen and oxygen atoms in total. The summed E-state index contributed by atoms with van der Waals surface area (Å²) in [5.41, 5.74) is 0. The van der Waals surface area contributed by atoms with Gasteiger partial charge in [0.05, 0.1) is 6.10 Å². The Labute approximate surface area is 123 Å². The second-order valence-corrected chi connectivity index (χ2v) is 5.20. The van der Waals surface area contributed by atoms with Crippen LogP contribution in [0.4, 0.5) is 13.2 Å². The van der Waals surface area contributed by atoms with Gasteiger partial charge in [0.25, 0.3) is 0 Å². The highest BCUT2D eigenvalue weighted by Gasteiger charge is 2.30. The van der Waals surface area contributed by atoms with Crippen LogP contribution in [0.5, 0.6) is 11.5 Å². The molecule has 1 aromatic rings. The minimum absolute atomic E-state index is 0.00773. The van der Waals surface area contributed by atoms with Crippen molar-refractivity contribution in [3.63, 3.8) is 0 Å². The third-order valence-corrected chi connectivity index (χ3v) is 2.73. The molecule has 1 aromatic carbocycles. The minimum atomic E-state index is -4.67. The van der Waals surface area contributed by atoms with Gasteiger partial charge in [-0.2, -0.15) is 0 Å². The fraction of sp³-hybridized carbons (Fsp3) is 0.600. The van der Waals surface area contributed by atoms with E-state index < -0.39 is 6.36 Å². The van der Waals surface area contributed by atoms with E-state index in [1.165, 1.54) is 24.3 Å². The van der Waals surface area contributed by atoms with Crippen LogP contribution in [0, 0.1) is 0 Å². The van der Waals surface area contributed by atoms with Crippen molar-refractivity contribution in [2.45, 2.75) is 52.1 Å². The lowest BCUT2D eigenvalue weighted by atomic mass is 10.2. The van der Waals surface area contributed by atoms with Gasteiger partial charge in [0, 0.05) is 6.04 Å². The van der Waals surface area contributed by atoms with Crippen LogP contribution in [-0.4, -0.2) is 25.1 Å². The maximum atomic E-state index is 12.0. The molecule has 0 fully saturated rings. The monoisotopic (exact) mass is 305 g/mol. The number of ether oxygens (including phenoxy) is 2. The van der Waals surface area contributed by atoms with Gasteiger partial charge in [-0.15, -0.1) is 13.2 Å². The summed E-state index contributed by atoms with van der Waals surface area (Å²) in [6.07, 6.45) is -2.80. The Morgan fingerprint density at radius 1 is 1.05 bits per heavy atom. The fourth-order valence-electron chi connectivity index (χ4n) is 1.79. The first kappa shape index (κ1) is 17.6. The van der Waals surface area contributed by atoms with Gasteiger partial charge in [-0.1, -0.05) is 13.8 Å². The van der Waals surface area contributed by atoms with E-state index in [0.29, 0.717) is 11.8 Å². The molecule has 1 atom stereocenters. The van der Waals surface area contributed by atoms with E-state index in [0.717, 1.165) is 19.4 Å². The van der Waals surface area contributed by atoms with Crippen LogP contribution in [0.2, 0.25) is 0 Å². The highest BCUT2D eigenvalue weighted by Crippen LogP contribution is 2.25. The van der Waals surface area contributed by atoms with Crippen molar-refractivity contribution in [1.29, 1.82) is 0 Å². The molecule has 6 heteroatoms. The molecule has 0 heterocycles. The summed E-state index contributed by atoms with van der Waals surface area (Å²) in [5.74, 6) is 0.289. The second-order valence-electron chi connectivity index (χ2n) is 5.20. The summed E-state index contributed by atoms with van der Waals surface area (Å²) in [6, 6.07) is 5.90. The maximum Gasteiger partial charge on any atom is 0.573 e. The molecule has 0 aliphatic carbocycles.